The molecule has 0 aliphatic heterocycles. The number of hydrogen-bond donors (Lipinski definition) is 2. The fraction of sp³-hybridized carbons (Fsp3) is 0.188. The molecule has 0 saturated carbocycles. The van der Waals surface area contributed by atoms with Gasteiger partial charge in [0.1, 0.15) is 11.5 Å². The molecule has 104 valence electrons. The Morgan fingerprint density at radius 2 is 1.65 bits per heavy atom. The molecule has 2 aromatic carbocycles. The van der Waals surface area contributed by atoms with Crippen LogP contribution in [0.25, 0.3) is 0 Å². The summed E-state index contributed by atoms with van der Waals surface area (Å²) in [6.07, 6.45) is 0. The van der Waals surface area contributed by atoms with Crippen molar-refractivity contribution in [1.29, 1.82) is 0 Å². The lowest BCUT2D eigenvalue weighted by molar-refractivity contribution is 0.100. The number of benzene rings is 2. The molecule has 0 heterocycles. The highest BCUT2D eigenvalue weighted by Gasteiger charge is 2.08. The van der Waals surface area contributed by atoms with Gasteiger partial charge < -0.3 is 16.2 Å². The fourth-order valence-electron chi connectivity index (χ4n) is 1.87. The smallest absolute Gasteiger partial charge is 0.250 e. The van der Waals surface area contributed by atoms with E-state index in [1.807, 2.05) is 24.3 Å². The van der Waals surface area contributed by atoms with Crippen LogP contribution in [0.5, 0.6) is 11.5 Å². The van der Waals surface area contributed by atoms with E-state index in [0.29, 0.717) is 23.1 Å². The predicted octanol–water partition coefficient (Wildman–Crippen LogP) is 3.28. The summed E-state index contributed by atoms with van der Waals surface area (Å²) < 4.78 is 5.70. The lowest BCUT2D eigenvalue weighted by atomic mass is 10.0. The van der Waals surface area contributed by atoms with Crippen molar-refractivity contribution >= 4 is 11.6 Å². The Balaban J connectivity index is 2.21. The van der Waals surface area contributed by atoms with Crippen molar-refractivity contribution in [2.24, 2.45) is 5.73 Å². The first-order valence-electron chi connectivity index (χ1n) is 6.44. The summed E-state index contributed by atoms with van der Waals surface area (Å²) in [6, 6.07) is 12.7. The van der Waals surface area contributed by atoms with Gasteiger partial charge in [-0.05, 0) is 41.8 Å². The third-order valence-electron chi connectivity index (χ3n) is 3.07. The maximum atomic E-state index is 11.2. The van der Waals surface area contributed by atoms with Crippen LogP contribution in [0.3, 0.4) is 0 Å². The zero-order valence-electron chi connectivity index (χ0n) is 11.6. The Morgan fingerprint density at radius 1 is 1.05 bits per heavy atom. The van der Waals surface area contributed by atoms with Crippen LogP contribution in [-0.2, 0) is 0 Å². The van der Waals surface area contributed by atoms with E-state index < -0.39 is 5.91 Å². The van der Waals surface area contributed by atoms with Crippen molar-refractivity contribution in [3.8, 4) is 11.5 Å². The molecule has 0 aromatic heterocycles. The molecule has 0 spiro atoms. The van der Waals surface area contributed by atoms with Gasteiger partial charge >= 0.3 is 0 Å². The van der Waals surface area contributed by atoms with Gasteiger partial charge in [0.25, 0.3) is 5.91 Å². The molecule has 0 bridgehead atoms. The SMILES string of the molecule is CC(C)c1ccc(Oc2ccc(N)c(C(N)=O)c2)cc1. The van der Waals surface area contributed by atoms with Gasteiger partial charge in [0, 0.05) is 5.69 Å². The largest absolute Gasteiger partial charge is 0.457 e. The van der Waals surface area contributed by atoms with Gasteiger partial charge in [-0.3, -0.25) is 4.79 Å². The fourth-order valence-corrected chi connectivity index (χ4v) is 1.87. The van der Waals surface area contributed by atoms with Crippen molar-refractivity contribution in [1.82, 2.24) is 0 Å². The van der Waals surface area contributed by atoms with Crippen molar-refractivity contribution in [2.75, 3.05) is 5.73 Å². The molecule has 4 heteroatoms. The number of ether oxygens (including phenoxy) is 1. The minimum Gasteiger partial charge on any atom is -0.457 e. The van der Waals surface area contributed by atoms with Crippen LogP contribution in [0.4, 0.5) is 5.69 Å². The summed E-state index contributed by atoms with van der Waals surface area (Å²) >= 11 is 0. The van der Waals surface area contributed by atoms with Crippen LogP contribution in [0.2, 0.25) is 0 Å². The van der Waals surface area contributed by atoms with Crippen LogP contribution in [0, 0.1) is 0 Å². The molecular weight excluding hydrogens is 252 g/mol. The van der Waals surface area contributed by atoms with Crippen LogP contribution < -0.4 is 16.2 Å². The normalized spacial score (nSPS) is 10.6. The Kier molecular flexibility index (Phi) is 3.94. The molecular formula is C16H18N2O2. The monoisotopic (exact) mass is 270 g/mol. The lowest BCUT2D eigenvalue weighted by Crippen LogP contribution is -2.13. The lowest BCUT2D eigenvalue weighted by Gasteiger charge is -2.10. The van der Waals surface area contributed by atoms with Crippen LogP contribution in [0.15, 0.2) is 42.5 Å². The van der Waals surface area contributed by atoms with E-state index in [1.54, 1.807) is 18.2 Å². The van der Waals surface area contributed by atoms with E-state index in [-0.39, 0.29) is 5.56 Å². The highest BCUT2D eigenvalue weighted by Crippen LogP contribution is 2.26. The van der Waals surface area contributed by atoms with Crippen LogP contribution in [-0.4, -0.2) is 5.91 Å². The molecule has 2 rings (SSSR count). The van der Waals surface area contributed by atoms with Crippen molar-refractivity contribution < 1.29 is 9.53 Å². The number of hydrogen-bond acceptors (Lipinski definition) is 3. The minimum atomic E-state index is -0.567. The molecule has 0 unspecified atom stereocenters. The molecule has 0 aliphatic carbocycles. The number of carbonyl (C=O) groups excluding carboxylic acids is 1. The molecule has 2 aromatic rings. The number of anilines is 1. The Morgan fingerprint density at radius 3 is 2.20 bits per heavy atom. The second-order valence-corrected chi connectivity index (χ2v) is 4.94. The molecule has 0 saturated heterocycles. The molecule has 0 atom stereocenters. The van der Waals surface area contributed by atoms with E-state index in [9.17, 15) is 4.79 Å². The maximum absolute atomic E-state index is 11.2. The third-order valence-corrected chi connectivity index (χ3v) is 3.07. The van der Waals surface area contributed by atoms with E-state index in [2.05, 4.69) is 13.8 Å². The molecule has 4 nitrogen and oxygen atoms in total. The number of amides is 1. The number of primary amides is 1. The zero-order valence-corrected chi connectivity index (χ0v) is 11.6. The highest BCUT2D eigenvalue weighted by atomic mass is 16.5. The highest BCUT2D eigenvalue weighted by molar-refractivity contribution is 5.98. The average Bonchev–Trinajstić information content (AvgIpc) is 2.41. The summed E-state index contributed by atoms with van der Waals surface area (Å²) in [5.41, 5.74) is 12.8. The summed E-state index contributed by atoms with van der Waals surface area (Å²) in [6.45, 7) is 4.27. The summed E-state index contributed by atoms with van der Waals surface area (Å²) in [4.78, 5) is 11.2. The molecule has 4 N–H and O–H groups in total. The van der Waals surface area contributed by atoms with E-state index in [1.165, 1.54) is 5.56 Å². The van der Waals surface area contributed by atoms with Crippen molar-refractivity contribution in [2.45, 2.75) is 19.8 Å². The molecule has 1 amide bonds. The van der Waals surface area contributed by atoms with Crippen LogP contribution in [0.1, 0.15) is 35.7 Å². The average molecular weight is 270 g/mol. The standard InChI is InChI=1S/C16H18N2O2/c1-10(2)11-3-5-12(6-4-11)20-13-7-8-15(17)14(9-13)16(18)19/h3-10H,17H2,1-2H3,(H2,18,19). The van der Waals surface area contributed by atoms with E-state index in [4.69, 9.17) is 16.2 Å². The van der Waals surface area contributed by atoms with Crippen molar-refractivity contribution in [3.63, 3.8) is 0 Å². The minimum absolute atomic E-state index is 0.265. The van der Waals surface area contributed by atoms with Gasteiger partial charge in [-0.1, -0.05) is 26.0 Å². The van der Waals surface area contributed by atoms with E-state index >= 15 is 0 Å². The quantitative estimate of drug-likeness (QED) is 0.837. The maximum Gasteiger partial charge on any atom is 0.250 e. The first-order valence-corrected chi connectivity index (χ1v) is 6.44. The van der Waals surface area contributed by atoms with Crippen molar-refractivity contribution in [3.05, 3.63) is 53.6 Å². The van der Waals surface area contributed by atoms with Gasteiger partial charge in [0.05, 0.1) is 5.56 Å². The topological polar surface area (TPSA) is 78.3 Å². The summed E-state index contributed by atoms with van der Waals surface area (Å²) in [5, 5.41) is 0. The summed E-state index contributed by atoms with van der Waals surface area (Å²) in [5.74, 6) is 1.14. The van der Waals surface area contributed by atoms with Gasteiger partial charge in [0.15, 0.2) is 0 Å². The van der Waals surface area contributed by atoms with E-state index in [0.717, 1.165) is 0 Å². The first-order chi connectivity index (χ1) is 9.47. The van der Waals surface area contributed by atoms with Gasteiger partial charge in [-0.2, -0.15) is 0 Å². The second-order valence-electron chi connectivity index (χ2n) is 4.94. The van der Waals surface area contributed by atoms with Gasteiger partial charge in [-0.15, -0.1) is 0 Å². The number of nitrogens with two attached hydrogens (primary N) is 2. The second kappa shape index (κ2) is 5.65. The number of carbonyl (C=O) groups is 1. The molecule has 0 fully saturated rings. The third kappa shape index (κ3) is 3.09. The van der Waals surface area contributed by atoms with Gasteiger partial charge in [-0.25, -0.2) is 0 Å². The van der Waals surface area contributed by atoms with Crippen LogP contribution >= 0.6 is 0 Å². The summed E-state index contributed by atoms with van der Waals surface area (Å²) in [7, 11) is 0. The Bertz CT molecular complexity index is 619. The number of nitrogen functional groups attached to an aromatic ring is 1. The van der Waals surface area contributed by atoms with Gasteiger partial charge in [0.2, 0.25) is 0 Å². The zero-order chi connectivity index (χ0) is 14.7. The first kappa shape index (κ1) is 13.9. The molecule has 20 heavy (non-hydrogen) atoms. The predicted molar refractivity (Wildman–Crippen MR) is 80.0 cm³/mol. The molecule has 0 radical (unpaired) electrons. The Hall–Kier alpha value is -2.49. The Labute approximate surface area is 118 Å². The number of rotatable bonds is 4. The molecule has 0 aliphatic rings.